The Morgan fingerprint density at radius 3 is 2.80 bits per heavy atom. The van der Waals surface area contributed by atoms with Crippen LogP contribution >= 0.6 is 0 Å². The minimum absolute atomic E-state index is 0.517. The van der Waals surface area contributed by atoms with Crippen LogP contribution in [0.25, 0.3) is 16.8 Å². The number of methoxy groups -OCH3 is 1. The molecule has 0 atom stereocenters. The lowest BCUT2D eigenvalue weighted by molar-refractivity contribution is 0.387. The fraction of sp³-hybridized carbons (Fsp3) is 0.231. The first-order chi connectivity index (χ1) is 9.69. The summed E-state index contributed by atoms with van der Waals surface area (Å²) in [6.07, 6.45) is 3.47. The van der Waals surface area contributed by atoms with Crippen LogP contribution in [0.5, 0.6) is 5.88 Å². The van der Waals surface area contributed by atoms with Crippen molar-refractivity contribution >= 4 is 11.5 Å². The molecule has 0 unspecified atom stereocenters. The summed E-state index contributed by atoms with van der Waals surface area (Å²) in [6.45, 7) is 0. The average molecular weight is 270 g/mol. The fourth-order valence-corrected chi connectivity index (χ4v) is 1.88. The molecule has 3 heterocycles. The summed E-state index contributed by atoms with van der Waals surface area (Å²) in [6, 6.07) is 5.56. The quantitative estimate of drug-likeness (QED) is 0.713. The van der Waals surface area contributed by atoms with E-state index in [0.29, 0.717) is 11.8 Å². The van der Waals surface area contributed by atoms with E-state index in [0.717, 1.165) is 16.8 Å². The molecule has 102 valence electrons. The van der Waals surface area contributed by atoms with E-state index >= 15 is 0 Å². The molecule has 0 fully saturated rings. The number of nitrogens with zero attached hydrogens (tertiary/aromatic N) is 6. The Kier molecular flexibility index (Phi) is 2.94. The molecule has 0 spiro atoms. The fourth-order valence-electron chi connectivity index (χ4n) is 1.88. The van der Waals surface area contributed by atoms with Crippen molar-refractivity contribution in [2.24, 2.45) is 0 Å². The first-order valence-electron chi connectivity index (χ1n) is 6.09. The van der Waals surface area contributed by atoms with Crippen molar-refractivity contribution in [3.8, 4) is 17.1 Å². The van der Waals surface area contributed by atoms with E-state index in [1.165, 1.54) is 4.63 Å². The number of hydrogen-bond acceptors (Lipinski definition) is 6. The number of fused-ring (bicyclic) bond motifs is 1. The van der Waals surface area contributed by atoms with Crippen LogP contribution in [0.2, 0.25) is 0 Å². The highest BCUT2D eigenvalue weighted by Gasteiger charge is 2.11. The van der Waals surface area contributed by atoms with Gasteiger partial charge < -0.3 is 9.64 Å². The van der Waals surface area contributed by atoms with Crippen molar-refractivity contribution < 1.29 is 4.74 Å². The molecule has 7 heteroatoms. The molecule has 3 aromatic heterocycles. The van der Waals surface area contributed by atoms with Crippen LogP contribution < -0.4 is 9.64 Å². The third-order valence-corrected chi connectivity index (χ3v) is 2.89. The minimum Gasteiger partial charge on any atom is -0.480 e. The highest BCUT2D eigenvalue weighted by atomic mass is 16.5. The molecular formula is C13H14N6O. The molecule has 0 saturated heterocycles. The van der Waals surface area contributed by atoms with Crippen molar-refractivity contribution in [2.45, 2.75) is 0 Å². The highest BCUT2D eigenvalue weighted by molar-refractivity contribution is 5.77. The monoisotopic (exact) mass is 270 g/mol. The Balaban J connectivity index is 2.12. The van der Waals surface area contributed by atoms with E-state index in [1.807, 2.05) is 31.1 Å². The Hall–Kier alpha value is -2.70. The maximum Gasteiger partial charge on any atom is 0.233 e. The average Bonchev–Trinajstić information content (AvgIpc) is 2.90. The van der Waals surface area contributed by atoms with Gasteiger partial charge in [-0.2, -0.15) is 5.10 Å². The normalized spacial score (nSPS) is 10.8. The van der Waals surface area contributed by atoms with Crippen LogP contribution in [-0.2, 0) is 0 Å². The second kappa shape index (κ2) is 4.76. The van der Waals surface area contributed by atoms with E-state index in [1.54, 1.807) is 25.6 Å². The third kappa shape index (κ3) is 2.03. The molecule has 0 bridgehead atoms. The van der Waals surface area contributed by atoms with E-state index < -0.39 is 0 Å². The van der Waals surface area contributed by atoms with Crippen molar-refractivity contribution in [1.29, 1.82) is 0 Å². The van der Waals surface area contributed by atoms with Crippen molar-refractivity contribution in [1.82, 2.24) is 24.8 Å². The first kappa shape index (κ1) is 12.3. The van der Waals surface area contributed by atoms with E-state index in [-0.39, 0.29) is 0 Å². The Labute approximate surface area is 115 Å². The van der Waals surface area contributed by atoms with Crippen molar-refractivity contribution in [3.63, 3.8) is 0 Å². The van der Waals surface area contributed by atoms with Crippen LogP contribution in [0.4, 0.5) is 5.95 Å². The number of hydrogen-bond donors (Lipinski definition) is 0. The zero-order valence-corrected chi connectivity index (χ0v) is 11.5. The lowest BCUT2D eigenvalue weighted by atomic mass is 10.2. The molecule has 0 saturated carbocycles. The Morgan fingerprint density at radius 2 is 2.05 bits per heavy atom. The van der Waals surface area contributed by atoms with Gasteiger partial charge in [-0.15, -0.1) is 9.73 Å². The molecular weight excluding hydrogens is 256 g/mol. The summed E-state index contributed by atoms with van der Waals surface area (Å²) >= 11 is 0. The number of rotatable bonds is 3. The summed E-state index contributed by atoms with van der Waals surface area (Å²) in [5, 5.41) is 8.46. The summed E-state index contributed by atoms with van der Waals surface area (Å²) in [5.41, 5.74) is 2.59. The molecule has 0 amide bonds. The van der Waals surface area contributed by atoms with Gasteiger partial charge in [-0.3, -0.25) is 0 Å². The van der Waals surface area contributed by atoms with E-state index in [4.69, 9.17) is 4.74 Å². The maximum absolute atomic E-state index is 5.08. The lowest BCUT2D eigenvalue weighted by Gasteiger charge is -2.10. The molecule has 3 aromatic rings. The number of anilines is 1. The standard InChI is InChI=1S/C13H14N6O/c1-18(2)13-14-7-6-10(16-13)9-8-15-19-11(9)4-5-12(17-19)20-3/h4-8H,1-3H3. The summed E-state index contributed by atoms with van der Waals surface area (Å²) in [4.78, 5) is 10.6. The molecule has 0 aromatic carbocycles. The first-order valence-corrected chi connectivity index (χ1v) is 6.09. The van der Waals surface area contributed by atoms with Gasteiger partial charge in [0.2, 0.25) is 11.8 Å². The number of ether oxygens (including phenoxy) is 1. The molecule has 0 N–H and O–H groups in total. The predicted molar refractivity (Wildman–Crippen MR) is 74.9 cm³/mol. The van der Waals surface area contributed by atoms with Gasteiger partial charge in [-0.1, -0.05) is 0 Å². The summed E-state index contributed by atoms with van der Waals surface area (Å²) in [5.74, 6) is 1.17. The molecule has 0 aliphatic carbocycles. The van der Waals surface area contributed by atoms with Gasteiger partial charge in [-0.25, -0.2) is 9.97 Å². The lowest BCUT2D eigenvalue weighted by Crippen LogP contribution is -2.12. The van der Waals surface area contributed by atoms with Crippen molar-refractivity contribution in [3.05, 3.63) is 30.6 Å². The highest BCUT2D eigenvalue weighted by Crippen LogP contribution is 2.23. The minimum atomic E-state index is 0.517. The predicted octanol–water partition coefficient (Wildman–Crippen LogP) is 1.26. The number of aromatic nitrogens is 5. The summed E-state index contributed by atoms with van der Waals surface area (Å²) < 4.78 is 6.62. The van der Waals surface area contributed by atoms with Crippen LogP contribution in [0.1, 0.15) is 0 Å². The van der Waals surface area contributed by atoms with Gasteiger partial charge in [0.25, 0.3) is 0 Å². The van der Waals surface area contributed by atoms with Crippen LogP contribution in [0.15, 0.2) is 30.6 Å². The molecule has 7 nitrogen and oxygen atoms in total. The SMILES string of the molecule is COc1ccc2c(-c3ccnc(N(C)C)n3)cnn2n1. The van der Waals surface area contributed by atoms with Gasteiger partial charge in [0.05, 0.1) is 24.5 Å². The van der Waals surface area contributed by atoms with Crippen LogP contribution in [0, 0.1) is 0 Å². The Bertz CT molecular complexity index is 751. The molecule has 3 rings (SSSR count). The summed E-state index contributed by atoms with van der Waals surface area (Å²) in [7, 11) is 5.38. The topological polar surface area (TPSA) is 68.4 Å². The Morgan fingerprint density at radius 1 is 1.20 bits per heavy atom. The van der Waals surface area contributed by atoms with E-state index in [2.05, 4.69) is 20.2 Å². The van der Waals surface area contributed by atoms with Crippen LogP contribution in [-0.4, -0.2) is 46.0 Å². The van der Waals surface area contributed by atoms with E-state index in [9.17, 15) is 0 Å². The maximum atomic E-state index is 5.08. The second-order valence-electron chi connectivity index (χ2n) is 4.44. The van der Waals surface area contributed by atoms with Gasteiger partial charge >= 0.3 is 0 Å². The van der Waals surface area contributed by atoms with Crippen molar-refractivity contribution in [2.75, 3.05) is 26.1 Å². The zero-order chi connectivity index (χ0) is 14.1. The molecule has 0 radical (unpaired) electrons. The molecule has 20 heavy (non-hydrogen) atoms. The third-order valence-electron chi connectivity index (χ3n) is 2.89. The second-order valence-corrected chi connectivity index (χ2v) is 4.44. The molecule has 0 aliphatic heterocycles. The van der Waals surface area contributed by atoms with Gasteiger partial charge in [-0.05, 0) is 12.1 Å². The van der Waals surface area contributed by atoms with Gasteiger partial charge in [0.1, 0.15) is 0 Å². The zero-order valence-electron chi connectivity index (χ0n) is 11.5. The molecule has 0 aliphatic rings. The van der Waals surface area contributed by atoms with Gasteiger partial charge in [0.15, 0.2) is 0 Å². The smallest absolute Gasteiger partial charge is 0.233 e. The largest absolute Gasteiger partial charge is 0.480 e. The van der Waals surface area contributed by atoms with Gasteiger partial charge in [0, 0.05) is 31.9 Å². The van der Waals surface area contributed by atoms with Crippen LogP contribution in [0.3, 0.4) is 0 Å².